The molecule has 14 heteroatoms. The Bertz CT molecular complexity index is 292. The van der Waals surface area contributed by atoms with Gasteiger partial charge in [0.15, 0.2) is 12.4 Å². The molecule has 0 aliphatic rings. The Balaban J connectivity index is 0. The number of thiazole rings is 2. The van der Waals surface area contributed by atoms with Gasteiger partial charge in [-0.1, -0.05) is 22.7 Å². The van der Waals surface area contributed by atoms with Gasteiger partial charge in [-0.3, -0.25) is 0 Å². The van der Waals surface area contributed by atoms with E-state index in [1.807, 2.05) is 34.2 Å². The van der Waals surface area contributed by atoms with Gasteiger partial charge < -0.3 is 0 Å². The van der Waals surface area contributed by atoms with E-state index in [0.717, 1.165) is 0 Å². The van der Waals surface area contributed by atoms with Crippen LogP contribution in [0.4, 0.5) is 0 Å². The van der Waals surface area contributed by atoms with E-state index in [-0.39, 0.29) is 0 Å². The number of hydrogen-bond acceptors (Lipinski definition) is 10. The highest BCUT2D eigenvalue weighted by atomic mass is 35.7. The van der Waals surface area contributed by atoms with Crippen LogP contribution in [0, 0.1) is 20.5 Å². The number of aromatic amines is 2. The molecule has 116 valence electrons. The smallest absolute Gasteiger partial charge is 0.222 e. The quantitative estimate of drug-likeness (QED) is 0.432. The second-order valence-electron chi connectivity index (χ2n) is 2.20. The molecule has 0 bridgehead atoms. The van der Waals surface area contributed by atoms with Crippen LogP contribution in [-0.4, -0.2) is 0 Å². The third-order valence-corrected chi connectivity index (χ3v) is 1.89. The Hall–Kier alpha value is -0.480. The van der Waals surface area contributed by atoms with Crippen LogP contribution in [0.5, 0.6) is 0 Å². The zero-order chi connectivity index (χ0) is 16.1. The fourth-order valence-electron chi connectivity index (χ4n) is 0.393. The lowest BCUT2D eigenvalue weighted by molar-refractivity contribution is -2.00. The van der Waals surface area contributed by atoms with Crippen molar-refractivity contribution in [1.29, 1.82) is 0 Å². The first kappa shape index (κ1) is 21.8. The van der Waals surface area contributed by atoms with Gasteiger partial charge >= 0.3 is 0 Å². The van der Waals surface area contributed by atoms with Crippen molar-refractivity contribution in [2.45, 2.75) is 0 Å². The minimum Gasteiger partial charge on any atom is -0.222 e. The highest BCUT2D eigenvalue weighted by Crippen LogP contribution is 1.81. The maximum Gasteiger partial charge on any atom is 0.222 e. The van der Waals surface area contributed by atoms with Gasteiger partial charge in [0.05, 0.1) is 10.8 Å². The van der Waals surface area contributed by atoms with E-state index >= 15 is 0 Å². The predicted octanol–water partition coefficient (Wildman–Crippen LogP) is -8.39. The third-order valence-electron chi connectivity index (χ3n) is 0.758. The average Bonchev–Trinajstić information content (AvgIpc) is 2.92. The van der Waals surface area contributed by atoms with E-state index in [1.165, 1.54) is 0 Å². The maximum absolute atomic E-state index is 8.49. The first-order chi connectivity index (χ1) is 9.00. The summed E-state index contributed by atoms with van der Waals surface area (Å²) in [7, 11) is -9.89. The summed E-state index contributed by atoms with van der Waals surface area (Å²) >= 11 is 3.31. The van der Waals surface area contributed by atoms with Crippen molar-refractivity contribution in [3.05, 3.63) is 34.2 Å². The first-order valence-corrected chi connectivity index (χ1v) is 8.35. The van der Waals surface area contributed by atoms with E-state index in [9.17, 15) is 0 Å². The van der Waals surface area contributed by atoms with Crippen LogP contribution in [0.1, 0.15) is 0 Å². The Labute approximate surface area is 125 Å². The summed E-state index contributed by atoms with van der Waals surface area (Å²) in [6.07, 6.45) is 3.79. The first-order valence-electron chi connectivity index (χ1n) is 4.00. The molecule has 2 rings (SSSR count). The van der Waals surface area contributed by atoms with Gasteiger partial charge in [0.25, 0.3) is 0 Å². The number of hydrogen-bond donors (Lipinski definition) is 0. The SMILES string of the molecule is [O-][Cl+3]([O-])([O-])[O-].[O-][Cl+3]([O-])([O-])[O-].c1csc[nH+]1.c1csc[nH+]1. The molecule has 2 aromatic rings. The molecule has 0 spiro atoms. The van der Waals surface area contributed by atoms with Crippen LogP contribution >= 0.6 is 22.7 Å². The lowest BCUT2D eigenvalue weighted by atomic mass is 11.0. The van der Waals surface area contributed by atoms with E-state index in [2.05, 4.69) is 9.97 Å². The van der Waals surface area contributed by atoms with E-state index in [4.69, 9.17) is 37.3 Å². The van der Waals surface area contributed by atoms with Crippen molar-refractivity contribution in [2.75, 3.05) is 0 Å². The fourth-order valence-corrected chi connectivity index (χ4v) is 1.18. The lowest BCUT2D eigenvalue weighted by Crippen LogP contribution is -2.68. The second-order valence-corrected chi connectivity index (χ2v) is 5.27. The Kier molecular flexibility index (Phi) is 13.4. The minimum atomic E-state index is -4.94. The van der Waals surface area contributed by atoms with Gasteiger partial charge in [-0.05, 0) is 0 Å². The molecule has 0 radical (unpaired) electrons. The van der Waals surface area contributed by atoms with E-state index < -0.39 is 20.5 Å². The highest BCUT2D eigenvalue weighted by Gasteiger charge is 1.84. The molecule has 2 aromatic heterocycles. The Morgan fingerprint density at radius 1 is 0.600 bits per heavy atom. The molecular formula is C6H8Cl2N2O8S2. The zero-order valence-electron chi connectivity index (χ0n) is 9.30. The van der Waals surface area contributed by atoms with Crippen molar-refractivity contribution in [3.63, 3.8) is 0 Å². The molecule has 0 aliphatic carbocycles. The molecule has 0 aliphatic heterocycles. The van der Waals surface area contributed by atoms with Crippen LogP contribution in [-0.2, 0) is 0 Å². The summed E-state index contributed by atoms with van der Waals surface area (Å²) in [6, 6.07) is 0. The zero-order valence-corrected chi connectivity index (χ0v) is 12.4. The maximum atomic E-state index is 8.49. The van der Waals surface area contributed by atoms with E-state index in [0.29, 0.717) is 0 Å². The fraction of sp³-hybridized carbons (Fsp3) is 0. The topological polar surface area (TPSA) is 213 Å². The summed E-state index contributed by atoms with van der Waals surface area (Å²) in [4.78, 5) is 5.76. The Morgan fingerprint density at radius 3 is 0.900 bits per heavy atom. The molecule has 0 atom stereocenters. The van der Waals surface area contributed by atoms with Crippen molar-refractivity contribution < 1.29 is 67.7 Å². The summed E-state index contributed by atoms with van der Waals surface area (Å²) in [5.74, 6) is 0. The van der Waals surface area contributed by atoms with Crippen LogP contribution in [0.3, 0.4) is 0 Å². The lowest BCUT2D eigenvalue weighted by Gasteiger charge is -2.17. The van der Waals surface area contributed by atoms with Crippen LogP contribution in [0.2, 0.25) is 0 Å². The molecule has 2 heterocycles. The van der Waals surface area contributed by atoms with Gasteiger partial charge in [0.1, 0.15) is 0 Å². The predicted molar refractivity (Wildman–Crippen MR) is 41.7 cm³/mol. The molecule has 0 saturated carbocycles. The van der Waals surface area contributed by atoms with Crippen molar-refractivity contribution in [1.82, 2.24) is 0 Å². The standard InChI is InChI=1S/2C3H3NS.2ClHO4/c2*1-2-5-3-4-1;2*2-1(3,4)5/h2*1-3H;2*(H,2,3,4,5). The molecule has 2 N–H and O–H groups in total. The summed E-state index contributed by atoms with van der Waals surface area (Å²) in [5.41, 5.74) is 3.83. The molecule has 0 amide bonds. The molecule has 0 saturated heterocycles. The molecule has 20 heavy (non-hydrogen) atoms. The molecular weight excluding hydrogens is 363 g/mol. The largest absolute Gasteiger partial charge is 0.222 e. The van der Waals surface area contributed by atoms with Crippen LogP contribution < -0.4 is 47.2 Å². The molecule has 0 aromatic carbocycles. The average molecular weight is 371 g/mol. The van der Waals surface area contributed by atoms with Gasteiger partial charge in [-0.15, -0.1) is 20.5 Å². The summed E-state index contributed by atoms with van der Waals surface area (Å²) in [6.45, 7) is 0. The van der Waals surface area contributed by atoms with Crippen LogP contribution in [0.15, 0.2) is 34.2 Å². The molecule has 0 unspecified atom stereocenters. The number of H-pyrrole nitrogens is 2. The monoisotopic (exact) mass is 370 g/mol. The van der Waals surface area contributed by atoms with Crippen molar-refractivity contribution in [2.24, 2.45) is 0 Å². The van der Waals surface area contributed by atoms with E-state index in [1.54, 1.807) is 22.7 Å². The highest BCUT2D eigenvalue weighted by molar-refractivity contribution is 7.07. The third kappa shape index (κ3) is 52.8. The van der Waals surface area contributed by atoms with Gasteiger partial charge in [-0.25, -0.2) is 47.2 Å². The summed E-state index contributed by atoms with van der Waals surface area (Å²) < 4.78 is 67.9. The minimum absolute atomic E-state index is 1.66. The van der Waals surface area contributed by atoms with Crippen molar-refractivity contribution >= 4 is 22.7 Å². The van der Waals surface area contributed by atoms with Crippen molar-refractivity contribution in [3.8, 4) is 0 Å². The number of rotatable bonds is 0. The van der Waals surface area contributed by atoms with Crippen LogP contribution in [0.25, 0.3) is 0 Å². The molecule has 10 nitrogen and oxygen atoms in total. The normalized spacial score (nSPS) is 10.0. The molecule has 0 fully saturated rings. The number of nitrogens with one attached hydrogen (secondary N) is 2. The second kappa shape index (κ2) is 12.3. The number of aromatic nitrogens is 2. The summed E-state index contributed by atoms with van der Waals surface area (Å²) in [5, 5.41) is 3.97. The van der Waals surface area contributed by atoms with Gasteiger partial charge in [-0.2, -0.15) is 0 Å². The van der Waals surface area contributed by atoms with Gasteiger partial charge in [0, 0.05) is 0 Å². The Morgan fingerprint density at radius 2 is 0.850 bits per heavy atom. The van der Waals surface area contributed by atoms with Gasteiger partial charge in [0.2, 0.25) is 11.0 Å². The number of halogens is 2.